The zero-order chi connectivity index (χ0) is 19.4. The molecule has 150 valence electrons. The van der Waals surface area contributed by atoms with E-state index in [1.807, 2.05) is 14.0 Å². The van der Waals surface area contributed by atoms with Crippen LogP contribution < -0.4 is 20.1 Å². The lowest BCUT2D eigenvalue weighted by atomic mass is 10.1. The van der Waals surface area contributed by atoms with Crippen LogP contribution in [0, 0.1) is 0 Å². The van der Waals surface area contributed by atoms with Crippen LogP contribution in [0.15, 0.2) is 17.1 Å². The third kappa shape index (κ3) is 5.06. The number of rotatable bonds is 8. The number of likely N-dealkylation sites (N-methyl/N-ethyl adjacent to an activating group) is 1. The minimum Gasteiger partial charge on any atom is -0.494 e. The van der Waals surface area contributed by atoms with Crippen LogP contribution in [0.5, 0.6) is 11.5 Å². The van der Waals surface area contributed by atoms with Gasteiger partial charge in [-0.2, -0.15) is 0 Å². The molecule has 0 saturated heterocycles. The first-order valence-electron chi connectivity index (χ1n) is 10.1. The summed E-state index contributed by atoms with van der Waals surface area (Å²) in [6.45, 7) is 8.54. The van der Waals surface area contributed by atoms with Gasteiger partial charge in [0.25, 0.3) is 0 Å². The summed E-state index contributed by atoms with van der Waals surface area (Å²) in [5, 5.41) is 6.85. The zero-order valence-corrected chi connectivity index (χ0v) is 17.3. The molecule has 1 fully saturated rings. The van der Waals surface area contributed by atoms with Crippen molar-refractivity contribution in [2.45, 2.75) is 64.8 Å². The minimum atomic E-state index is 0.233. The van der Waals surface area contributed by atoms with E-state index in [0.29, 0.717) is 19.2 Å². The summed E-state index contributed by atoms with van der Waals surface area (Å²) in [7, 11) is 4.02. The monoisotopic (exact) mass is 374 g/mol. The fraction of sp³-hybridized carbons (Fsp3) is 0.667. The largest absolute Gasteiger partial charge is 0.494 e. The second kappa shape index (κ2) is 8.83. The quantitative estimate of drug-likeness (QED) is 0.541. The van der Waals surface area contributed by atoms with E-state index in [4.69, 9.17) is 9.47 Å². The number of fused-ring (bicyclic) bond motifs is 1. The molecule has 1 aromatic rings. The van der Waals surface area contributed by atoms with Gasteiger partial charge in [0.05, 0.1) is 6.61 Å². The molecule has 0 bridgehead atoms. The predicted molar refractivity (Wildman–Crippen MR) is 110 cm³/mol. The van der Waals surface area contributed by atoms with Crippen LogP contribution >= 0.6 is 0 Å². The number of hydrogen-bond acceptors (Lipinski definition) is 4. The van der Waals surface area contributed by atoms with Gasteiger partial charge in [0.15, 0.2) is 5.96 Å². The Morgan fingerprint density at radius 3 is 2.81 bits per heavy atom. The molecule has 0 spiro atoms. The summed E-state index contributed by atoms with van der Waals surface area (Å²) >= 11 is 0. The highest BCUT2D eigenvalue weighted by Crippen LogP contribution is 2.35. The molecular weight excluding hydrogens is 340 g/mol. The maximum atomic E-state index is 5.91. The molecule has 2 atom stereocenters. The van der Waals surface area contributed by atoms with Crippen LogP contribution in [0.25, 0.3) is 0 Å². The molecule has 6 nitrogen and oxygen atoms in total. The van der Waals surface area contributed by atoms with Crippen molar-refractivity contribution in [1.82, 2.24) is 15.5 Å². The van der Waals surface area contributed by atoms with E-state index >= 15 is 0 Å². The lowest BCUT2D eigenvalue weighted by molar-refractivity contribution is 0.247. The van der Waals surface area contributed by atoms with E-state index in [1.165, 1.54) is 18.4 Å². The fourth-order valence-corrected chi connectivity index (χ4v) is 3.54. The molecule has 2 unspecified atom stereocenters. The average Bonchev–Trinajstić information content (AvgIpc) is 3.43. The molecule has 2 aliphatic rings. The first-order valence-corrected chi connectivity index (χ1v) is 10.1. The van der Waals surface area contributed by atoms with E-state index in [0.717, 1.165) is 42.0 Å². The van der Waals surface area contributed by atoms with Crippen molar-refractivity contribution < 1.29 is 9.47 Å². The van der Waals surface area contributed by atoms with Gasteiger partial charge < -0.3 is 20.1 Å². The van der Waals surface area contributed by atoms with Crippen molar-refractivity contribution in [2.75, 3.05) is 27.2 Å². The summed E-state index contributed by atoms with van der Waals surface area (Å²) in [5.74, 6) is 2.72. The fourth-order valence-electron chi connectivity index (χ4n) is 3.54. The number of nitrogens with one attached hydrogen (secondary N) is 2. The Bertz CT molecular complexity index is 672. The molecule has 1 aliphatic heterocycles. The van der Waals surface area contributed by atoms with Crippen LogP contribution in [0.1, 0.15) is 44.7 Å². The van der Waals surface area contributed by atoms with E-state index < -0.39 is 0 Å². The second-order valence-electron chi connectivity index (χ2n) is 7.69. The number of ether oxygens (including phenoxy) is 2. The molecular formula is C21H34N4O2. The lowest BCUT2D eigenvalue weighted by Crippen LogP contribution is -2.45. The molecule has 0 radical (unpaired) electrons. The zero-order valence-electron chi connectivity index (χ0n) is 17.3. The second-order valence-corrected chi connectivity index (χ2v) is 7.69. The number of guanidine groups is 1. The molecule has 6 heteroatoms. The maximum Gasteiger partial charge on any atom is 0.191 e. The van der Waals surface area contributed by atoms with Crippen molar-refractivity contribution in [3.63, 3.8) is 0 Å². The highest BCUT2D eigenvalue weighted by Gasteiger charge is 2.29. The van der Waals surface area contributed by atoms with Gasteiger partial charge in [0.1, 0.15) is 17.6 Å². The Kier molecular flexibility index (Phi) is 6.47. The molecule has 1 saturated carbocycles. The molecule has 27 heavy (non-hydrogen) atoms. The Hall–Kier alpha value is -1.95. The Labute approximate surface area is 163 Å². The smallest absolute Gasteiger partial charge is 0.191 e. The van der Waals surface area contributed by atoms with Crippen molar-refractivity contribution in [1.29, 1.82) is 0 Å². The van der Waals surface area contributed by atoms with E-state index in [2.05, 4.69) is 53.6 Å². The maximum absolute atomic E-state index is 5.91. The average molecular weight is 375 g/mol. The third-order valence-electron chi connectivity index (χ3n) is 5.43. The van der Waals surface area contributed by atoms with Gasteiger partial charge in [0, 0.05) is 49.8 Å². The van der Waals surface area contributed by atoms with Crippen molar-refractivity contribution in [2.24, 2.45) is 4.99 Å². The Morgan fingerprint density at radius 1 is 1.37 bits per heavy atom. The normalized spacial score (nSPS) is 20.2. The van der Waals surface area contributed by atoms with Gasteiger partial charge in [-0.25, -0.2) is 0 Å². The van der Waals surface area contributed by atoms with Crippen LogP contribution in [0.2, 0.25) is 0 Å². The highest BCUT2D eigenvalue weighted by molar-refractivity contribution is 5.79. The van der Waals surface area contributed by atoms with Gasteiger partial charge >= 0.3 is 0 Å². The molecule has 1 aliphatic carbocycles. The van der Waals surface area contributed by atoms with E-state index in [9.17, 15) is 0 Å². The summed E-state index contributed by atoms with van der Waals surface area (Å²) in [6.07, 6.45) is 3.83. The van der Waals surface area contributed by atoms with Gasteiger partial charge in [-0.15, -0.1) is 0 Å². The number of benzene rings is 1. The molecule has 3 rings (SSSR count). The van der Waals surface area contributed by atoms with Crippen molar-refractivity contribution >= 4 is 5.96 Å². The summed E-state index contributed by atoms with van der Waals surface area (Å²) in [4.78, 5) is 6.81. The van der Waals surface area contributed by atoms with Gasteiger partial charge in [-0.3, -0.25) is 9.89 Å². The van der Waals surface area contributed by atoms with Crippen LogP contribution in [-0.2, 0) is 13.0 Å². The number of hydrogen-bond donors (Lipinski definition) is 2. The molecule has 0 amide bonds. The van der Waals surface area contributed by atoms with Gasteiger partial charge in [-0.05, 0) is 52.8 Å². The first-order chi connectivity index (χ1) is 13.0. The Morgan fingerprint density at radius 2 is 2.15 bits per heavy atom. The number of nitrogens with zero attached hydrogens (tertiary/aromatic N) is 2. The molecule has 0 aromatic heterocycles. The first kappa shape index (κ1) is 19.8. The lowest BCUT2D eigenvalue weighted by Gasteiger charge is -2.25. The topological polar surface area (TPSA) is 58.1 Å². The summed E-state index contributed by atoms with van der Waals surface area (Å²) < 4.78 is 11.8. The van der Waals surface area contributed by atoms with Crippen molar-refractivity contribution in [3.8, 4) is 11.5 Å². The molecule has 1 heterocycles. The van der Waals surface area contributed by atoms with Crippen molar-refractivity contribution in [3.05, 3.63) is 23.3 Å². The Balaban J connectivity index is 1.58. The van der Waals surface area contributed by atoms with E-state index in [1.54, 1.807) is 0 Å². The van der Waals surface area contributed by atoms with Crippen LogP contribution in [0.4, 0.5) is 0 Å². The van der Waals surface area contributed by atoms with Gasteiger partial charge in [-0.1, -0.05) is 0 Å². The molecule has 2 N–H and O–H groups in total. The van der Waals surface area contributed by atoms with Gasteiger partial charge in [0.2, 0.25) is 0 Å². The summed E-state index contributed by atoms with van der Waals surface area (Å²) in [5.41, 5.74) is 2.32. The minimum absolute atomic E-state index is 0.233. The van der Waals surface area contributed by atoms with Crippen LogP contribution in [0.3, 0.4) is 0 Å². The molecule has 1 aromatic carbocycles. The third-order valence-corrected chi connectivity index (χ3v) is 5.43. The number of aliphatic imine (C=N–C) groups is 1. The SMILES string of the molecule is CCOc1cc2c(cc1CNC(=NC)NCC(C)N(C)C1CC1)OC(C)C2. The highest BCUT2D eigenvalue weighted by atomic mass is 16.5. The van der Waals surface area contributed by atoms with Crippen LogP contribution in [-0.4, -0.2) is 56.3 Å². The predicted octanol–water partition coefficient (Wildman–Crippen LogP) is 2.56. The van der Waals surface area contributed by atoms with E-state index in [-0.39, 0.29) is 6.10 Å². The summed E-state index contributed by atoms with van der Waals surface area (Å²) in [6, 6.07) is 5.47. The standard InChI is InChI=1S/C21H34N4O2/c1-6-26-19-10-16-9-15(3)27-20(16)11-17(19)13-24-21(22-4)23-12-14(2)25(5)18-7-8-18/h10-11,14-15,18H,6-9,12-13H2,1-5H3,(H2,22,23,24).